The molecule has 5 nitrogen and oxygen atoms in total. The number of ketones is 2. The number of para-hydroxylation sites is 1. The van der Waals surface area contributed by atoms with Crippen molar-refractivity contribution in [3.63, 3.8) is 0 Å². The smallest absolute Gasteiger partial charge is 0.161 e. The normalized spacial score (nSPS) is 18.2. The zero-order chi connectivity index (χ0) is 27.2. The average Bonchev–Trinajstić information content (AvgIpc) is 3.34. The summed E-state index contributed by atoms with van der Waals surface area (Å²) in [6, 6.07) is 23.4. The Labute approximate surface area is 234 Å². The number of fused-ring (bicyclic) bond motifs is 2. The topological polar surface area (TPSA) is 51.5 Å². The van der Waals surface area contributed by atoms with Gasteiger partial charge < -0.3 is 14.2 Å². The molecule has 2 aliphatic carbocycles. The minimum atomic E-state index is -0.317. The molecule has 7 rings (SSSR count). The van der Waals surface area contributed by atoms with Crippen LogP contribution in [-0.2, 0) is 20.9 Å². The van der Waals surface area contributed by atoms with Gasteiger partial charge >= 0.3 is 0 Å². The largest absolute Gasteiger partial charge is 0.383 e. The molecule has 1 aromatic heterocycles. The fraction of sp³-hybridized carbons (Fsp3) is 0.314. The summed E-state index contributed by atoms with van der Waals surface area (Å²) < 4.78 is 7.77. The molecule has 3 aliphatic rings. The van der Waals surface area contributed by atoms with Crippen LogP contribution in [0.1, 0.15) is 55.6 Å². The van der Waals surface area contributed by atoms with Crippen molar-refractivity contribution in [2.24, 2.45) is 0 Å². The maximum Gasteiger partial charge on any atom is 0.161 e. The maximum atomic E-state index is 13.7. The van der Waals surface area contributed by atoms with Crippen LogP contribution in [0, 0.1) is 0 Å². The Morgan fingerprint density at radius 3 is 2.15 bits per heavy atom. The summed E-state index contributed by atoms with van der Waals surface area (Å²) in [5, 5.41) is 3.59. The lowest BCUT2D eigenvalue weighted by Crippen LogP contribution is -2.40. The molecule has 0 bridgehead atoms. The number of carbonyl (C=O) groups is 2. The van der Waals surface area contributed by atoms with Crippen LogP contribution in [0.2, 0.25) is 0 Å². The molecule has 1 aliphatic heterocycles. The van der Waals surface area contributed by atoms with Gasteiger partial charge in [-0.15, -0.1) is 0 Å². The van der Waals surface area contributed by atoms with Gasteiger partial charge in [0.2, 0.25) is 0 Å². The van der Waals surface area contributed by atoms with E-state index in [1.165, 1.54) is 16.3 Å². The number of nitrogens with zero attached hydrogens (tertiary/aromatic N) is 2. The first-order chi connectivity index (χ1) is 19.7. The maximum absolute atomic E-state index is 13.7. The quantitative estimate of drug-likeness (QED) is 0.272. The Hall–Kier alpha value is -3.96. The predicted octanol–water partition coefficient (Wildman–Crippen LogP) is 6.90. The lowest BCUT2D eigenvalue weighted by molar-refractivity contribution is -0.117. The number of ether oxygens (including phenoxy) is 1. The van der Waals surface area contributed by atoms with E-state index in [1.54, 1.807) is 7.11 Å². The molecule has 0 spiro atoms. The fourth-order valence-corrected chi connectivity index (χ4v) is 7.23. The molecule has 3 aromatic carbocycles. The summed E-state index contributed by atoms with van der Waals surface area (Å²) in [6.07, 6.45) is 6.74. The summed E-state index contributed by atoms with van der Waals surface area (Å²) in [5.74, 6) is 0.0528. The molecular weight excluding hydrogens is 496 g/mol. The van der Waals surface area contributed by atoms with E-state index in [9.17, 15) is 9.59 Å². The summed E-state index contributed by atoms with van der Waals surface area (Å²) in [5.41, 5.74) is 7.35. The Kier molecular flexibility index (Phi) is 6.39. The zero-order valence-electron chi connectivity index (χ0n) is 23.0. The average molecular weight is 531 g/mol. The second kappa shape index (κ2) is 10.2. The van der Waals surface area contributed by atoms with Gasteiger partial charge in [0.05, 0.1) is 6.61 Å². The minimum absolute atomic E-state index is 0.185. The first-order valence-corrected chi connectivity index (χ1v) is 14.5. The minimum Gasteiger partial charge on any atom is -0.383 e. The number of benzene rings is 3. The fourth-order valence-electron chi connectivity index (χ4n) is 7.23. The molecule has 0 N–H and O–H groups in total. The monoisotopic (exact) mass is 530 g/mol. The van der Waals surface area contributed by atoms with E-state index in [0.717, 1.165) is 64.7 Å². The Bertz CT molecular complexity index is 1670. The summed E-state index contributed by atoms with van der Waals surface area (Å²) in [6.45, 7) is 1.95. The molecule has 40 heavy (non-hydrogen) atoms. The van der Waals surface area contributed by atoms with Crippen LogP contribution in [0.25, 0.3) is 21.7 Å². The van der Waals surface area contributed by atoms with Crippen molar-refractivity contribution in [1.82, 2.24) is 9.47 Å². The van der Waals surface area contributed by atoms with Crippen LogP contribution >= 0.6 is 0 Å². The molecular formula is C35H34N2O3. The predicted molar refractivity (Wildman–Crippen MR) is 158 cm³/mol. The number of rotatable bonds is 6. The molecule has 4 aromatic rings. The number of Topliss-reactive ketones (excluding diaryl/α,β-unsaturated/α-hetero) is 2. The molecule has 202 valence electrons. The van der Waals surface area contributed by atoms with Gasteiger partial charge in [-0.25, -0.2) is 0 Å². The van der Waals surface area contributed by atoms with Crippen molar-refractivity contribution < 1.29 is 14.3 Å². The number of methoxy groups -OCH3 is 1. The highest BCUT2D eigenvalue weighted by Gasteiger charge is 2.44. The molecule has 0 unspecified atom stereocenters. The lowest BCUT2D eigenvalue weighted by atomic mass is 9.71. The van der Waals surface area contributed by atoms with Crippen LogP contribution < -0.4 is 0 Å². The van der Waals surface area contributed by atoms with E-state index in [4.69, 9.17) is 4.74 Å². The highest BCUT2D eigenvalue weighted by Crippen LogP contribution is 2.50. The van der Waals surface area contributed by atoms with Crippen LogP contribution in [0.5, 0.6) is 0 Å². The van der Waals surface area contributed by atoms with Crippen molar-refractivity contribution in [2.75, 3.05) is 20.3 Å². The van der Waals surface area contributed by atoms with Crippen molar-refractivity contribution in [2.45, 2.75) is 51.0 Å². The van der Waals surface area contributed by atoms with Crippen LogP contribution in [0.15, 0.2) is 95.5 Å². The van der Waals surface area contributed by atoms with Gasteiger partial charge in [-0.1, -0.05) is 60.7 Å². The van der Waals surface area contributed by atoms with Crippen molar-refractivity contribution >= 4 is 33.2 Å². The summed E-state index contributed by atoms with van der Waals surface area (Å²) in [7, 11) is 1.71. The standard InChI is InChI=1S/C35H34N2O3/c1-40-20-19-37-29-15-7-17-31(38)34(29)33(35-30(37)16-8-18-32(35)39)27-22-36(28-14-5-4-13-26(27)28)21-24-11-6-10-23-9-2-3-12-25(23)24/h2-6,9-14,22,33H,7-8,15-21H2,1H3. The van der Waals surface area contributed by atoms with Crippen LogP contribution in [0.4, 0.5) is 0 Å². The molecule has 0 amide bonds. The first kappa shape index (κ1) is 25.0. The second-order valence-electron chi connectivity index (χ2n) is 11.2. The number of hydrogen-bond acceptors (Lipinski definition) is 4. The van der Waals surface area contributed by atoms with Crippen LogP contribution in [-0.4, -0.2) is 41.3 Å². The van der Waals surface area contributed by atoms with Gasteiger partial charge in [-0.3, -0.25) is 9.59 Å². The zero-order valence-corrected chi connectivity index (χ0v) is 23.0. The number of aromatic nitrogens is 1. The number of carbonyl (C=O) groups excluding carboxylic acids is 2. The molecule has 0 fully saturated rings. The number of allylic oxidation sites excluding steroid dienone is 4. The van der Waals surface area contributed by atoms with Gasteiger partial charge in [0.15, 0.2) is 11.6 Å². The Morgan fingerprint density at radius 1 is 0.775 bits per heavy atom. The highest BCUT2D eigenvalue weighted by atomic mass is 16.5. The molecule has 0 radical (unpaired) electrons. The van der Waals surface area contributed by atoms with Crippen molar-refractivity contribution in [3.8, 4) is 0 Å². The SMILES string of the molecule is COCCN1C2=C(C(=O)CCC2)C(c2cn(Cc3cccc4ccccc34)c3ccccc23)C2=C1CCCC2=O. The van der Waals surface area contributed by atoms with Crippen LogP contribution in [0.3, 0.4) is 0 Å². The Morgan fingerprint density at radius 2 is 1.43 bits per heavy atom. The van der Waals surface area contributed by atoms with E-state index in [-0.39, 0.29) is 17.5 Å². The Balaban J connectivity index is 1.43. The van der Waals surface area contributed by atoms with E-state index in [0.29, 0.717) is 32.5 Å². The van der Waals surface area contributed by atoms with Gasteiger partial charge in [0, 0.05) is 78.6 Å². The van der Waals surface area contributed by atoms with Crippen molar-refractivity contribution in [3.05, 3.63) is 107 Å². The second-order valence-corrected chi connectivity index (χ2v) is 11.2. The van der Waals surface area contributed by atoms with Gasteiger partial charge in [0.25, 0.3) is 0 Å². The third-order valence-corrected chi connectivity index (χ3v) is 8.96. The highest BCUT2D eigenvalue weighted by molar-refractivity contribution is 6.07. The molecule has 0 atom stereocenters. The van der Waals surface area contributed by atoms with E-state index in [1.807, 2.05) is 0 Å². The van der Waals surface area contributed by atoms with E-state index < -0.39 is 0 Å². The van der Waals surface area contributed by atoms with Crippen molar-refractivity contribution in [1.29, 1.82) is 0 Å². The van der Waals surface area contributed by atoms with Gasteiger partial charge in [-0.2, -0.15) is 0 Å². The first-order valence-electron chi connectivity index (χ1n) is 14.5. The third kappa shape index (κ3) is 4.03. The molecule has 0 saturated carbocycles. The molecule has 2 heterocycles. The van der Waals surface area contributed by atoms with E-state index in [2.05, 4.69) is 82.4 Å². The molecule has 0 saturated heterocycles. The third-order valence-electron chi connectivity index (χ3n) is 8.96. The van der Waals surface area contributed by atoms with E-state index >= 15 is 0 Å². The van der Waals surface area contributed by atoms with Gasteiger partial charge in [-0.05, 0) is 53.6 Å². The lowest BCUT2D eigenvalue weighted by Gasteiger charge is -2.43. The summed E-state index contributed by atoms with van der Waals surface area (Å²) in [4.78, 5) is 29.7. The number of hydrogen-bond donors (Lipinski definition) is 0. The summed E-state index contributed by atoms with van der Waals surface area (Å²) >= 11 is 0. The van der Waals surface area contributed by atoms with Gasteiger partial charge in [0.1, 0.15) is 0 Å². The molecule has 5 heteroatoms.